The maximum absolute atomic E-state index is 2.31. The fraction of sp³-hybridized carbons (Fsp3) is 0.333. The molecule has 2 rings (SSSR count). The third-order valence-corrected chi connectivity index (χ3v) is 3.25. The van der Waals surface area contributed by atoms with E-state index in [-0.39, 0.29) is 0 Å². The van der Waals surface area contributed by atoms with E-state index in [9.17, 15) is 0 Å². The smallest absolute Gasteiger partial charge is 0.0367 e. The van der Waals surface area contributed by atoms with Crippen LogP contribution < -0.4 is 4.90 Å². The zero-order valence-corrected chi connectivity index (χ0v) is 10.5. The Balaban J connectivity index is 2.30. The van der Waals surface area contributed by atoms with E-state index >= 15 is 0 Å². The van der Waals surface area contributed by atoms with Crippen molar-refractivity contribution in [3.8, 4) is 0 Å². The van der Waals surface area contributed by atoms with Crippen LogP contribution >= 0.6 is 0 Å². The number of hydrogen-bond donors (Lipinski definition) is 0. The van der Waals surface area contributed by atoms with Gasteiger partial charge < -0.3 is 4.90 Å². The molecule has 0 N–H and O–H groups in total. The molecule has 0 aliphatic heterocycles. The highest BCUT2D eigenvalue weighted by Gasteiger charge is 2.11. The van der Waals surface area contributed by atoms with Crippen molar-refractivity contribution in [2.75, 3.05) is 19.0 Å². The van der Waals surface area contributed by atoms with Gasteiger partial charge in [0.1, 0.15) is 0 Å². The highest BCUT2D eigenvalue weighted by molar-refractivity contribution is 5.75. The fourth-order valence-electron chi connectivity index (χ4n) is 2.03. The van der Waals surface area contributed by atoms with Gasteiger partial charge in [0.25, 0.3) is 0 Å². The van der Waals surface area contributed by atoms with Crippen LogP contribution in [0.1, 0.15) is 25.8 Å². The summed E-state index contributed by atoms with van der Waals surface area (Å²) in [6.45, 7) is 4.41. The van der Waals surface area contributed by atoms with Gasteiger partial charge in [-0.25, -0.2) is 0 Å². The molecule has 0 bridgehead atoms. The minimum absolute atomic E-state index is 1.10. The van der Waals surface area contributed by atoms with E-state index in [0.29, 0.717) is 0 Å². The van der Waals surface area contributed by atoms with Gasteiger partial charge in [-0.3, -0.25) is 0 Å². The van der Waals surface area contributed by atoms with E-state index in [4.69, 9.17) is 0 Å². The largest absolute Gasteiger partial charge is 0.378 e. The second-order valence-corrected chi connectivity index (χ2v) is 4.75. The third-order valence-electron chi connectivity index (χ3n) is 3.25. The summed E-state index contributed by atoms with van der Waals surface area (Å²) in [5.41, 5.74) is 6.97. The molecule has 1 heteroatoms. The number of hydrogen-bond acceptors (Lipinski definition) is 1. The van der Waals surface area contributed by atoms with Crippen LogP contribution in [0.5, 0.6) is 0 Å². The highest BCUT2D eigenvalue weighted by Crippen LogP contribution is 2.32. The average molecular weight is 213 g/mol. The van der Waals surface area contributed by atoms with E-state index in [1.807, 2.05) is 0 Å². The van der Waals surface area contributed by atoms with Crippen LogP contribution in [0, 0.1) is 0 Å². The first-order valence-electron chi connectivity index (χ1n) is 5.72. The number of anilines is 1. The van der Waals surface area contributed by atoms with E-state index in [1.165, 1.54) is 28.0 Å². The molecule has 84 valence electrons. The lowest BCUT2D eigenvalue weighted by molar-refractivity contribution is 1.13. The molecule has 0 spiro atoms. The molecular formula is C15H19N. The summed E-state index contributed by atoms with van der Waals surface area (Å²) in [6, 6.07) is 8.74. The van der Waals surface area contributed by atoms with E-state index < -0.39 is 0 Å². The molecule has 0 atom stereocenters. The number of nitrogens with zero attached hydrogens (tertiary/aromatic N) is 1. The molecule has 0 radical (unpaired) electrons. The molecule has 0 saturated carbocycles. The second-order valence-electron chi connectivity index (χ2n) is 4.75. The summed E-state index contributed by atoms with van der Waals surface area (Å²) in [5.74, 6) is 0. The Hall–Kier alpha value is -1.50. The molecule has 0 unspecified atom stereocenters. The van der Waals surface area contributed by atoms with Crippen LogP contribution in [-0.2, 0) is 0 Å². The van der Waals surface area contributed by atoms with Crippen LogP contribution in [-0.4, -0.2) is 14.1 Å². The molecule has 0 saturated heterocycles. The van der Waals surface area contributed by atoms with Crippen molar-refractivity contribution in [2.24, 2.45) is 0 Å². The van der Waals surface area contributed by atoms with Crippen LogP contribution in [0.15, 0.2) is 41.5 Å². The number of rotatable bonds is 2. The lowest BCUT2D eigenvalue weighted by atomic mass is 10.0. The van der Waals surface area contributed by atoms with E-state index in [1.54, 1.807) is 0 Å². The molecule has 16 heavy (non-hydrogen) atoms. The molecule has 1 aliphatic carbocycles. The maximum atomic E-state index is 2.31. The molecule has 1 aromatic rings. The molecule has 1 aromatic carbocycles. The third kappa shape index (κ3) is 2.04. The van der Waals surface area contributed by atoms with Gasteiger partial charge in [0.2, 0.25) is 0 Å². The van der Waals surface area contributed by atoms with Crippen molar-refractivity contribution in [1.82, 2.24) is 0 Å². The molecular weight excluding hydrogens is 194 g/mol. The normalized spacial score (nSPS) is 15.4. The van der Waals surface area contributed by atoms with Gasteiger partial charge >= 0.3 is 0 Å². The van der Waals surface area contributed by atoms with Crippen molar-refractivity contribution >= 4 is 11.3 Å². The van der Waals surface area contributed by atoms with Gasteiger partial charge in [-0.15, -0.1) is 0 Å². The second kappa shape index (κ2) is 4.17. The minimum atomic E-state index is 1.10. The predicted octanol–water partition coefficient (Wildman–Crippen LogP) is 3.88. The highest BCUT2D eigenvalue weighted by atomic mass is 15.1. The van der Waals surface area contributed by atoms with Crippen molar-refractivity contribution in [2.45, 2.75) is 20.3 Å². The topological polar surface area (TPSA) is 3.24 Å². The van der Waals surface area contributed by atoms with Crippen molar-refractivity contribution < 1.29 is 0 Å². The predicted molar refractivity (Wildman–Crippen MR) is 71.7 cm³/mol. The summed E-state index contributed by atoms with van der Waals surface area (Å²) < 4.78 is 0. The summed E-state index contributed by atoms with van der Waals surface area (Å²) in [4.78, 5) is 2.14. The SMILES string of the molecule is CC1=C(C)CC(c2cccc(N(C)C)c2)=C1. The Kier molecular flexibility index (Phi) is 2.86. The minimum Gasteiger partial charge on any atom is -0.378 e. The Morgan fingerprint density at radius 2 is 1.88 bits per heavy atom. The zero-order valence-electron chi connectivity index (χ0n) is 10.5. The van der Waals surface area contributed by atoms with Gasteiger partial charge in [0, 0.05) is 19.8 Å². The quantitative estimate of drug-likeness (QED) is 0.720. The Morgan fingerprint density at radius 3 is 2.44 bits per heavy atom. The molecule has 0 fully saturated rings. The standard InChI is InChI=1S/C15H19N/c1-11-8-14(9-12(11)2)13-6-5-7-15(10-13)16(3)4/h5-8,10H,9H2,1-4H3. The van der Waals surface area contributed by atoms with E-state index in [0.717, 1.165) is 6.42 Å². The van der Waals surface area contributed by atoms with E-state index in [2.05, 4.69) is 63.2 Å². The molecule has 0 heterocycles. The van der Waals surface area contributed by atoms with Crippen LogP contribution in [0.25, 0.3) is 5.57 Å². The summed E-state index contributed by atoms with van der Waals surface area (Å²) >= 11 is 0. The van der Waals surface area contributed by atoms with Gasteiger partial charge in [0.05, 0.1) is 0 Å². The van der Waals surface area contributed by atoms with Crippen LogP contribution in [0.2, 0.25) is 0 Å². The summed E-state index contributed by atoms with van der Waals surface area (Å²) in [6.07, 6.45) is 3.41. The first kappa shape index (κ1) is 11.0. The fourth-order valence-corrected chi connectivity index (χ4v) is 2.03. The summed E-state index contributed by atoms with van der Waals surface area (Å²) in [5, 5.41) is 0. The van der Waals surface area contributed by atoms with Gasteiger partial charge in [-0.05, 0) is 43.5 Å². The molecule has 1 aliphatic rings. The Labute approximate surface area is 98.1 Å². The van der Waals surface area contributed by atoms with Crippen molar-refractivity contribution in [3.63, 3.8) is 0 Å². The molecule has 1 nitrogen and oxygen atoms in total. The lowest BCUT2D eigenvalue weighted by Crippen LogP contribution is -2.08. The maximum Gasteiger partial charge on any atom is 0.0367 e. The zero-order chi connectivity index (χ0) is 11.7. The first-order valence-corrected chi connectivity index (χ1v) is 5.72. The first-order chi connectivity index (χ1) is 7.58. The van der Waals surface area contributed by atoms with Crippen LogP contribution in [0.3, 0.4) is 0 Å². The Bertz CT molecular complexity index is 464. The molecule has 0 amide bonds. The Morgan fingerprint density at radius 1 is 1.12 bits per heavy atom. The van der Waals surface area contributed by atoms with Crippen LogP contribution in [0.4, 0.5) is 5.69 Å². The van der Waals surface area contributed by atoms with Gasteiger partial charge in [-0.1, -0.05) is 29.4 Å². The number of allylic oxidation sites excluding steroid dienone is 4. The van der Waals surface area contributed by atoms with Crippen molar-refractivity contribution in [1.29, 1.82) is 0 Å². The lowest BCUT2D eigenvalue weighted by Gasteiger charge is -2.14. The average Bonchev–Trinajstić information content (AvgIpc) is 2.59. The molecule has 0 aromatic heterocycles. The number of benzene rings is 1. The van der Waals surface area contributed by atoms with Crippen molar-refractivity contribution in [3.05, 3.63) is 47.1 Å². The van der Waals surface area contributed by atoms with Gasteiger partial charge in [0.15, 0.2) is 0 Å². The monoisotopic (exact) mass is 213 g/mol. The summed E-state index contributed by atoms with van der Waals surface area (Å²) in [7, 11) is 4.16. The van der Waals surface area contributed by atoms with Gasteiger partial charge in [-0.2, -0.15) is 0 Å².